The Kier molecular flexibility index (Phi) is 13.8. The number of hydrogen-bond donors (Lipinski definition) is 0. The van der Waals surface area contributed by atoms with Gasteiger partial charge in [0, 0.05) is 0 Å². The molecule has 3 heteroatoms. The van der Waals surface area contributed by atoms with Crippen LogP contribution in [0.4, 0.5) is 0 Å². The SMILES string of the molecule is CCCCSC[CH](SCCCC)[Ge]([CH2]C)([CH2]C)[CH2]C. The Balaban J connectivity index is 4.43. The molecule has 0 heterocycles. The van der Waals surface area contributed by atoms with Gasteiger partial charge in [-0.25, -0.2) is 0 Å². The molecular formula is C16H36GeS2. The fourth-order valence-corrected chi connectivity index (χ4v) is 20.2. The number of hydrogen-bond acceptors (Lipinski definition) is 2. The van der Waals surface area contributed by atoms with Crippen LogP contribution in [0.1, 0.15) is 60.3 Å². The van der Waals surface area contributed by atoms with Gasteiger partial charge in [-0.3, -0.25) is 0 Å². The molecule has 0 saturated heterocycles. The molecule has 1 unspecified atom stereocenters. The Morgan fingerprint density at radius 1 is 0.789 bits per heavy atom. The molecule has 0 aromatic heterocycles. The van der Waals surface area contributed by atoms with E-state index >= 15 is 0 Å². The van der Waals surface area contributed by atoms with Crippen molar-refractivity contribution in [3.63, 3.8) is 0 Å². The van der Waals surface area contributed by atoms with Gasteiger partial charge in [-0.05, 0) is 0 Å². The van der Waals surface area contributed by atoms with Crippen molar-refractivity contribution < 1.29 is 0 Å². The van der Waals surface area contributed by atoms with Crippen LogP contribution in [-0.4, -0.2) is 34.6 Å². The predicted octanol–water partition coefficient (Wildman–Crippen LogP) is 6.47. The third-order valence-electron chi connectivity index (χ3n) is 4.52. The molecule has 0 aromatic carbocycles. The van der Waals surface area contributed by atoms with Gasteiger partial charge in [-0.1, -0.05) is 0 Å². The molecule has 0 nitrogen and oxygen atoms in total. The zero-order chi connectivity index (χ0) is 14.6. The van der Waals surface area contributed by atoms with E-state index in [0.29, 0.717) is 0 Å². The van der Waals surface area contributed by atoms with E-state index in [1.807, 2.05) is 0 Å². The molecule has 0 aliphatic carbocycles. The van der Waals surface area contributed by atoms with Gasteiger partial charge in [-0.15, -0.1) is 0 Å². The first kappa shape index (κ1) is 20.2. The zero-order valence-corrected chi connectivity index (χ0v) is 17.7. The summed E-state index contributed by atoms with van der Waals surface area (Å²) in [6.07, 6.45) is 5.52. The summed E-state index contributed by atoms with van der Waals surface area (Å²) in [4.78, 5) is 0. The van der Waals surface area contributed by atoms with Crippen molar-refractivity contribution in [1.82, 2.24) is 0 Å². The van der Waals surface area contributed by atoms with Crippen molar-refractivity contribution in [3.8, 4) is 0 Å². The summed E-state index contributed by atoms with van der Waals surface area (Å²) in [7, 11) is 0. The van der Waals surface area contributed by atoms with Crippen LogP contribution in [0.2, 0.25) is 15.8 Å². The monoisotopic (exact) mass is 366 g/mol. The predicted molar refractivity (Wildman–Crippen MR) is 101 cm³/mol. The van der Waals surface area contributed by atoms with Crippen molar-refractivity contribution in [2.75, 3.05) is 17.3 Å². The van der Waals surface area contributed by atoms with Gasteiger partial charge >= 0.3 is 134 Å². The Morgan fingerprint density at radius 3 is 1.79 bits per heavy atom. The van der Waals surface area contributed by atoms with Crippen molar-refractivity contribution in [1.29, 1.82) is 0 Å². The van der Waals surface area contributed by atoms with Crippen LogP contribution in [0.3, 0.4) is 0 Å². The summed E-state index contributed by atoms with van der Waals surface area (Å²) in [6.45, 7) is 12.1. The molecule has 0 saturated carbocycles. The number of unbranched alkanes of at least 4 members (excludes halogenated alkanes) is 2. The maximum atomic E-state index is 2.48. The van der Waals surface area contributed by atoms with Gasteiger partial charge in [0.25, 0.3) is 0 Å². The van der Waals surface area contributed by atoms with Gasteiger partial charge in [0.1, 0.15) is 0 Å². The number of rotatable bonds is 13. The third-order valence-corrected chi connectivity index (χ3v) is 23.4. The van der Waals surface area contributed by atoms with E-state index in [1.165, 1.54) is 58.7 Å². The zero-order valence-electron chi connectivity index (χ0n) is 14.0. The maximum absolute atomic E-state index is 2.48. The van der Waals surface area contributed by atoms with Crippen molar-refractivity contribution in [2.24, 2.45) is 0 Å². The number of thioether (sulfide) groups is 2. The second kappa shape index (κ2) is 12.9. The van der Waals surface area contributed by atoms with Crippen LogP contribution in [-0.2, 0) is 0 Å². The normalized spacial score (nSPS) is 13.7. The summed E-state index contributed by atoms with van der Waals surface area (Å²) in [5.74, 6) is 4.24. The van der Waals surface area contributed by atoms with E-state index in [4.69, 9.17) is 0 Å². The van der Waals surface area contributed by atoms with E-state index in [-0.39, 0.29) is 0 Å². The summed E-state index contributed by atoms with van der Waals surface area (Å²) in [6, 6.07) is 0. The minimum atomic E-state index is -1.57. The molecule has 0 amide bonds. The first-order valence-electron chi connectivity index (χ1n) is 8.39. The van der Waals surface area contributed by atoms with E-state index in [1.54, 1.807) is 0 Å². The van der Waals surface area contributed by atoms with E-state index in [9.17, 15) is 0 Å². The molecule has 0 N–H and O–H groups in total. The minimum absolute atomic E-state index is 1.05. The molecule has 0 radical (unpaired) electrons. The summed E-state index contributed by atoms with van der Waals surface area (Å²) in [5.41, 5.74) is 0. The van der Waals surface area contributed by atoms with Crippen LogP contribution in [0.5, 0.6) is 0 Å². The fraction of sp³-hybridized carbons (Fsp3) is 1.00. The van der Waals surface area contributed by atoms with Crippen LogP contribution >= 0.6 is 23.5 Å². The van der Waals surface area contributed by atoms with E-state index < -0.39 is 13.3 Å². The molecular weight excluding hydrogens is 329 g/mol. The Morgan fingerprint density at radius 2 is 1.32 bits per heavy atom. The molecule has 0 bridgehead atoms. The van der Waals surface area contributed by atoms with Crippen molar-refractivity contribution >= 4 is 36.8 Å². The Bertz CT molecular complexity index is 185. The van der Waals surface area contributed by atoms with Crippen LogP contribution in [0.15, 0.2) is 0 Å². The molecule has 0 spiro atoms. The summed E-state index contributed by atoms with van der Waals surface area (Å²) < 4.78 is 1.05. The van der Waals surface area contributed by atoms with Gasteiger partial charge in [-0.2, -0.15) is 0 Å². The average molecular weight is 365 g/mol. The molecule has 0 aliphatic rings. The third kappa shape index (κ3) is 7.71. The van der Waals surface area contributed by atoms with Gasteiger partial charge in [0.05, 0.1) is 0 Å². The van der Waals surface area contributed by atoms with Crippen LogP contribution in [0.25, 0.3) is 0 Å². The molecule has 19 heavy (non-hydrogen) atoms. The van der Waals surface area contributed by atoms with Crippen LogP contribution in [0, 0.1) is 0 Å². The second-order valence-electron chi connectivity index (χ2n) is 5.56. The van der Waals surface area contributed by atoms with Gasteiger partial charge < -0.3 is 0 Å². The fourth-order valence-electron chi connectivity index (χ4n) is 2.64. The van der Waals surface area contributed by atoms with Crippen LogP contribution < -0.4 is 0 Å². The summed E-state index contributed by atoms with van der Waals surface area (Å²) >= 11 is 3.02. The Hall–Kier alpha value is 1.24. The van der Waals surface area contributed by atoms with E-state index in [2.05, 4.69) is 58.1 Å². The molecule has 0 rings (SSSR count). The van der Waals surface area contributed by atoms with E-state index in [0.717, 1.165) is 4.08 Å². The first-order chi connectivity index (χ1) is 9.20. The molecule has 0 aromatic rings. The Labute approximate surface area is 134 Å². The second-order valence-corrected chi connectivity index (χ2v) is 20.5. The first-order valence-corrected chi connectivity index (χ1v) is 16.3. The van der Waals surface area contributed by atoms with Crippen molar-refractivity contribution in [2.45, 2.75) is 80.1 Å². The van der Waals surface area contributed by atoms with Gasteiger partial charge in [0.2, 0.25) is 0 Å². The standard InChI is InChI=1S/C16H36GeS2/c1-6-11-13-18-15-16(19-14-12-7-2)17(8-3,9-4)10-5/h16H,6-15H2,1-5H3. The molecule has 116 valence electrons. The molecule has 0 aliphatic heterocycles. The van der Waals surface area contributed by atoms with Gasteiger partial charge in [0.15, 0.2) is 0 Å². The molecule has 0 fully saturated rings. The quantitative estimate of drug-likeness (QED) is 0.271. The summed E-state index contributed by atoms with van der Waals surface area (Å²) in [5, 5.41) is 4.60. The average Bonchev–Trinajstić information content (AvgIpc) is 2.45. The van der Waals surface area contributed by atoms with Crippen molar-refractivity contribution in [3.05, 3.63) is 0 Å². The molecule has 1 atom stereocenters. The topological polar surface area (TPSA) is 0 Å².